The van der Waals surface area contributed by atoms with E-state index in [1.807, 2.05) is 54.7 Å². The third kappa shape index (κ3) is 5.55. The standard InChI is InChI=1S/C29H30F2N2O2/c30-23-8-4-20(5-9-23)29(21-6-10-24(31)11-7-21)22-13-16-33(17-14-22)18-25(34)19-35-28-3-1-2-27-26(28)12-15-32-27/h1-12,15,22,25,29,32,34H,13-14,16-19H2/t25-/m0/s1. The van der Waals surface area contributed by atoms with E-state index in [1.165, 1.54) is 24.3 Å². The van der Waals surface area contributed by atoms with Crippen LogP contribution in [-0.2, 0) is 0 Å². The first-order valence-corrected chi connectivity index (χ1v) is 12.2. The fourth-order valence-electron chi connectivity index (χ4n) is 5.27. The molecule has 6 heteroatoms. The van der Waals surface area contributed by atoms with Crippen molar-refractivity contribution in [2.24, 2.45) is 5.92 Å². The molecule has 3 aromatic carbocycles. The summed E-state index contributed by atoms with van der Waals surface area (Å²) in [6.45, 7) is 2.49. The molecule has 4 aromatic rings. The Hall–Kier alpha value is -3.22. The number of rotatable bonds is 8. The Morgan fingerprint density at radius 1 is 0.886 bits per heavy atom. The van der Waals surface area contributed by atoms with E-state index in [1.54, 1.807) is 0 Å². The molecule has 1 aliphatic rings. The van der Waals surface area contributed by atoms with Crippen molar-refractivity contribution in [1.29, 1.82) is 0 Å². The maximum atomic E-state index is 13.6. The number of aliphatic hydroxyl groups excluding tert-OH is 1. The lowest BCUT2D eigenvalue weighted by Gasteiger charge is -2.37. The van der Waals surface area contributed by atoms with Crippen LogP contribution in [0.15, 0.2) is 79.0 Å². The minimum absolute atomic E-state index is 0.0773. The average Bonchev–Trinajstić information content (AvgIpc) is 3.36. The summed E-state index contributed by atoms with van der Waals surface area (Å²) in [7, 11) is 0. The largest absolute Gasteiger partial charge is 0.490 e. The number of benzene rings is 3. The van der Waals surface area contributed by atoms with Crippen LogP contribution in [0.1, 0.15) is 29.9 Å². The van der Waals surface area contributed by atoms with Crippen LogP contribution in [0.5, 0.6) is 5.75 Å². The van der Waals surface area contributed by atoms with E-state index in [-0.39, 0.29) is 24.2 Å². The van der Waals surface area contributed by atoms with Crippen LogP contribution in [0.2, 0.25) is 0 Å². The Kier molecular flexibility index (Phi) is 7.11. The molecule has 5 rings (SSSR count). The zero-order chi connectivity index (χ0) is 24.2. The van der Waals surface area contributed by atoms with Crippen molar-refractivity contribution < 1.29 is 18.6 Å². The number of nitrogens with zero attached hydrogens (tertiary/aromatic N) is 1. The number of aliphatic hydroxyl groups is 1. The number of nitrogens with one attached hydrogen (secondary N) is 1. The van der Waals surface area contributed by atoms with Crippen molar-refractivity contribution in [3.8, 4) is 5.75 Å². The molecule has 0 saturated carbocycles. The molecule has 4 nitrogen and oxygen atoms in total. The highest BCUT2D eigenvalue weighted by Crippen LogP contribution is 2.38. The van der Waals surface area contributed by atoms with Crippen LogP contribution in [-0.4, -0.2) is 47.3 Å². The van der Waals surface area contributed by atoms with Gasteiger partial charge in [-0.2, -0.15) is 0 Å². The normalized spacial score (nSPS) is 16.1. The third-order valence-corrected chi connectivity index (χ3v) is 7.02. The molecular formula is C29H30F2N2O2. The van der Waals surface area contributed by atoms with Gasteiger partial charge in [-0.15, -0.1) is 0 Å². The molecule has 35 heavy (non-hydrogen) atoms. The molecule has 1 aliphatic heterocycles. The molecule has 2 N–H and O–H groups in total. The van der Waals surface area contributed by atoms with Crippen molar-refractivity contribution in [2.75, 3.05) is 26.2 Å². The second kappa shape index (κ2) is 10.6. The smallest absolute Gasteiger partial charge is 0.128 e. The topological polar surface area (TPSA) is 48.5 Å². The van der Waals surface area contributed by atoms with Gasteiger partial charge in [0.2, 0.25) is 0 Å². The summed E-state index contributed by atoms with van der Waals surface area (Å²) in [5.41, 5.74) is 3.10. The Morgan fingerprint density at radius 2 is 1.51 bits per heavy atom. The fraction of sp³-hybridized carbons (Fsp3) is 0.310. The van der Waals surface area contributed by atoms with Crippen LogP contribution < -0.4 is 4.74 Å². The van der Waals surface area contributed by atoms with E-state index < -0.39 is 6.10 Å². The number of aromatic nitrogens is 1. The summed E-state index contributed by atoms with van der Waals surface area (Å²) in [6, 6.07) is 21.1. The first kappa shape index (κ1) is 23.5. The van der Waals surface area contributed by atoms with Gasteiger partial charge in [0.1, 0.15) is 30.1 Å². The van der Waals surface area contributed by atoms with Gasteiger partial charge in [0.15, 0.2) is 0 Å². The lowest BCUT2D eigenvalue weighted by molar-refractivity contribution is 0.0542. The molecular weight excluding hydrogens is 446 g/mol. The van der Waals surface area contributed by atoms with Gasteiger partial charge >= 0.3 is 0 Å². The summed E-state index contributed by atoms with van der Waals surface area (Å²) in [4.78, 5) is 5.44. The summed E-state index contributed by atoms with van der Waals surface area (Å²) in [5.74, 6) is 0.675. The van der Waals surface area contributed by atoms with Gasteiger partial charge < -0.3 is 19.7 Å². The Bertz CT molecular complexity index is 1190. The van der Waals surface area contributed by atoms with Gasteiger partial charge in [-0.3, -0.25) is 0 Å². The van der Waals surface area contributed by atoms with E-state index in [0.29, 0.717) is 12.5 Å². The maximum Gasteiger partial charge on any atom is 0.128 e. The second-order valence-electron chi connectivity index (χ2n) is 9.38. The van der Waals surface area contributed by atoms with E-state index in [2.05, 4.69) is 9.88 Å². The quantitative estimate of drug-likeness (QED) is 0.342. The van der Waals surface area contributed by atoms with Crippen LogP contribution >= 0.6 is 0 Å². The SMILES string of the molecule is O[C@H](COc1cccc2[nH]ccc12)CN1CCC(C(c2ccc(F)cc2)c2ccc(F)cc2)CC1. The predicted molar refractivity (Wildman–Crippen MR) is 134 cm³/mol. The van der Waals surface area contributed by atoms with Crippen molar-refractivity contribution in [3.63, 3.8) is 0 Å². The third-order valence-electron chi connectivity index (χ3n) is 7.02. The Morgan fingerprint density at radius 3 is 2.14 bits per heavy atom. The maximum absolute atomic E-state index is 13.6. The number of aromatic amines is 1. The summed E-state index contributed by atoms with van der Waals surface area (Å²) >= 11 is 0. The Balaban J connectivity index is 1.19. The zero-order valence-electron chi connectivity index (χ0n) is 19.5. The van der Waals surface area contributed by atoms with Gasteiger partial charge in [0, 0.05) is 29.6 Å². The Labute approximate surface area is 204 Å². The number of halogens is 2. The molecule has 182 valence electrons. The molecule has 0 bridgehead atoms. The van der Waals surface area contributed by atoms with Gasteiger partial charge in [-0.25, -0.2) is 8.78 Å². The minimum Gasteiger partial charge on any atom is -0.490 e. The van der Waals surface area contributed by atoms with Crippen molar-refractivity contribution in [3.05, 3.63) is 102 Å². The molecule has 1 aromatic heterocycles. The molecule has 2 heterocycles. The highest BCUT2D eigenvalue weighted by molar-refractivity contribution is 5.85. The van der Waals surface area contributed by atoms with Crippen LogP contribution in [0.25, 0.3) is 10.9 Å². The van der Waals surface area contributed by atoms with Gasteiger partial charge in [-0.1, -0.05) is 30.3 Å². The highest BCUT2D eigenvalue weighted by atomic mass is 19.1. The lowest BCUT2D eigenvalue weighted by atomic mass is 9.76. The number of fused-ring (bicyclic) bond motifs is 1. The van der Waals surface area contributed by atoms with Crippen molar-refractivity contribution >= 4 is 10.9 Å². The average molecular weight is 477 g/mol. The molecule has 1 fully saturated rings. The highest BCUT2D eigenvalue weighted by Gasteiger charge is 2.29. The first-order chi connectivity index (χ1) is 17.1. The van der Waals surface area contributed by atoms with Crippen LogP contribution in [0, 0.1) is 17.6 Å². The molecule has 0 spiro atoms. The molecule has 0 unspecified atom stereocenters. The fourth-order valence-corrected chi connectivity index (χ4v) is 5.27. The summed E-state index contributed by atoms with van der Waals surface area (Å²) in [5, 5.41) is 11.6. The number of β-amino-alcohol motifs (C(OH)–C–C–N with tert-alkyl or cyclic N) is 1. The van der Waals surface area contributed by atoms with Crippen molar-refractivity contribution in [1.82, 2.24) is 9.88 Å². The lowest BCUT2D eigenvalue weighted by Crippen LogP contribution is -2.41. The van der Waals surface area contributed by atoms with E-state index >= 15 is 0 Å². The second-order valence-corrected chi connectivity index (χ2v) is 9.38. The molecule has 0 amide bonds. The first-order valence-electron chi connectivity index (χ1n) is 12.2. The number of ether oxygens (including phenoxy) is 1. The van der Waals surface area contributed by atoms with Crippen molar-refractivity contribution in [2.45, 2.75) is 24.9 Å². The molecule has 0 radical (unpaired) electrons. The number of piperidine rings is 1. The van der Waals surface area contributed by atoms with Crippen LogP contribution in [0.3, 0.4) is 0 Å². The molecule has 1 atom stereocenters. The van der Waals surface area contributed by atoms with E-state index in [4.69, 9.17) is 4.74 Å². The molecule has 0 aliphatic carbocycles. The van der Waals surface area contributed by atoms with E-state index in [0.717, 1.165) is 53.7 Å². The number of H-pyrrole nitrogens is 1. The van der Waals surface area contributed by atoms with Crippen LogP contribution in [0.4, 0.5) is 8.78 Å². The van der Waals surface area contributed by atoms with Gasteiger partial charge in [0.25, 0.3) is 0 Å². The monoisotopic (exact) mass is 476 g/mol. The summed E-state index contributed by atoms with van der Waals surface area (Å²) in [6.07, 6.45) is 3.17. The zero-order valence-corrected chi connectivity index (χ0v) is 19.5. The minimum atomic E-state index is -0.592. The summed E-state index contributed by atoms with van der Waals surface area (Å²) < 4.78 is 33.0. The van der Waals surface area contributed by atoms with Gasteiger partial charge in [0.05, 0.1) is 0 Å². The van der Waals surface area contributed by atoms with E-state index in [9.17, 15) is 13.9 Å². The predicted octanol–water partition coefficient (Wildman–Crippen LogP) is 5.73. The molecule has 1 saturated heterocycles. The van der Waals surface area contributed by atoms with Gasteiger partial charge in [-0.05, 0) is 85.4 Å². The number of likely N-dealkylation sites (tertiary alicyclic amines) is 1. The number of hydrogen-bond donors (Lipinski definition) is 2. The number of hydrogen-bond acceptors (Lipinski definition) is 3.